The predicted octanol–water partition coefficient (Wildman–Crippen LogP) is 3.03. The van der Waals surface area contributed by atoms with E-state index in [1.165, 1.54) is 27.7 Å². The minimum atomic E-state index is 0.111. The van der Waals surface area contributed by atoms with Crippen molar-refractivity contribution in [3.63, 3.8) is 0 Å². The zero-order chi connectivity index (χ0) is 14.4. The van der Waals surface area contributed by atoms with Crippen molar-refractivity contribution in [1.29, 1.82) is 0 Å². The van der Waals surface area contributed by atoms with Crippen LogP contribution in [0.5, 0.6) is 0 Å². The van der Waals surface area contributed by atoms with Crippen LogP contribution < -0.4 is 0 Å². The first kappa shape index (κ1) is 17.6. The third-order valence-corrected chi connectivity index (χ3v) is 13.9. The average Bonchev–Trinajstić information content (AvgIpc) is 2.79. The molecule has 6 heteroatoms. The first-order valence-corrected chi connectivity index (χ1v) is 12.2. The third kappa shape index (κ3) is 6.24. The van der Waals surface area contributed by atoms with Gasteiger partial charge in [-0.05, 0) is 0 Å². The molecule has 0 aromatic carbocycles. The molecule has 0 aromatic heterocycles. The van der Waals surface area contributed by atoms with E-state index in [1.807, 2.05) is 0 Å². The van der Waals surface area contributed by atoms with Crippen LogP contribution in [0, 0.1) is 0 Å². The SMILES string of the molecule is C=C(C)C(=O)SCC1[Se]C[Se]C1CSC(=O)C(=C)C. The molecule has 106 valence electrons. The van der Waals surface area contributed by atoms with Gasteiger partial charge in [-0.15, -0.1) is 0 Å². The number of carbonyl (C=O) groups excluding carboxylic acids is 2. The van der Waals surface area contributed by atoms with Crippen LogP contribution in [0.2, 0.25) is 13.9 Å². The van der Waals surface area contributed by atoms with E-state index in [-0.39, 0.29) is 10.2 Å². The van der Waals surface area contributed by atoms with E-state index in [0.29, 0.717) is 50.7 Å². The summed E-state index contributed by atoms with van der Waals surface area (Å²) < 4.78 is 1.33. The Labute approximate surface area is 136 Å². The van der Waals surface area contributed by atoms with Crippen LogP contribution in [-0.4, -0.2) is 51.6 Å². The quantitative estimate of drug-likeness (QED) is 0.481. The second-order valence-corrected chi connectivity index (χ2v) is 13.3. The molecule has 0 aliphatic carbocycles. The van der Waals surface area contributed by atoms with Crippen LogP contribution in [0.15, 0.2) is 24.3 Å². The first-order chi connectivity index (χ1) is 8.91. The Morgan fingerprint density at radius 3 is 1.68 bits per heavy atom. The van der Waals surface area contributed by atoms with Gasteiger partial charge < -0.3 is 0 Å². The number of hydrogen-bond acceptors (Lipinski definition) is 4. The summed E-state index contributed by atoms with van der Waals surface area (Å²) >= 11 is 4.08. The Morgan fingerprint density at radius 2 is 1.37 bits per heavy atom. The third-order valence-electron chi connectivity index (χ3n) is 2.43. The Kier molecular flexibility index (Phi) is 8.12. The van der Waals surface area contributed by atoms with Crippen LogP contribution in [-0.2, 0) is 9.59 Å². The zero-order valence-electron chi connectivity index (χ0n) is 11.1. The van der Waals surface area contributed by atoms with Crippen LogP contribution in [0.1, 0.15) is 13.8 Å². The van der Waals surface area contributed by atoms with Gasteiger partial charge in [0.25, 0.3) is 0 Å². The second-order valence-electron chi connectivity index (χ2n) is 4.29. The number of carbonyl (C=O) groups is 2. The number of rotatable bonds is 6. The minimum absolute atomic E-state index is 0.111. The molecule has 1 fully saturated rings. The molecule has 0 spiro atoms. The molecule has 2 nitrogen and oxygen atoms in total. The molecule has 0 radical (unpaired) electrons. The Balaban J connectivity index is 2.37. The van der Waals surface area contributed by atoms with Crippen LogP contribution in [0.4, 0.5) is 0 Å². The van der Waals surface area contributed by atoms with Gasteiger partial charge in [-0.25, -0.2) is 0 Å². The van der Waals surface area contributed by atoms with Gasteiger partial charge in [0.15, 0.2) is 0 Å². The average molecular weight is 428 g/mol. The Bertz CT molecular complexity index is 360. The fourth-order valence-electron chi connectivity index (χ4n) is 1.30. The summed E-state index contributed by atoms with van der Waals surface area (Å²) in [6, 6.07) is 0. The van der Waals surface area contributed by atoms with Crippen molar-refractivity contribution in [3.8, 4) is 0 Å². The Morgan fingerprint density at radius 1 is 1.00 bits per heavy atom. The van der Waals surface area contributed by atoms with Crippen molar-refractivity contribution in [2.24, 2.45) is 0 Å². The van der Waals surface area contributed by atoms with E-state index < -0.39 is 0 Å². The Hall–Kier alpha value is 0.559. The van der Waals surface area contributed by atoms with Crippen molar-refractivity contribution in [2.75, 3.05) is 11.5 Å². The maximum absolute atomic E-state index is 11.6. The molecule has 0 bridgehead atoms. The van der Waals surface area contributed by atoms with Gasteiger partial charge in [0.1, 0.15) is 0 Å². The van der Waals surface area contributed by atoms with Gasteiger partial charge in [-0.3, -0.25) is 0 Å². The summed E-state index contributed by atoms with van der Waals surface area (Å²) in [5, 5.41) is 0.222. The van der Waals surface area contributed by atoms with Crippen molar-refractivity contribution in [2.45, 2.75) is 27.7 Å². The summed E-state index contributed by atoms with van der Waals surface area (Å²) in [6.45, 7) is 10.9. The topological polar surface area (TPSA) is 34.1 Å². The monoisotopic (exact) mass is 430 g/mol. The molecule has 0 N–H and O–H groups in total. The van der Waals surface area contributed by atoms with Crippen molar-refractivity contribution >= 4 is 63.7 Å². The van der Waals surface area contributed by atoms with Crippen molar-refractivity contribution in [3.05, 3.63) is 24.3 Å². The summed E-state index contributed by atoms with van der Waals surface area (Å²) in [7, 11) is 0. The van der Waals surface area contributed by atoms with E-state index >= 15 is 0 Å². The van der Waals surface area contributed by atoms with E-state index in [0.717, 1.165) is 11.5 Å². The summed E-state index contributed by atoms with van der Waals surface area (Å²) in [4.78, 5) is 24.4. The zero-order valence-corrected chi connectivity index (χ0v) is 16.2. The molecular formula is C13H18O2S2Se2. The molecule has 2 atom stereocenters. The standard InChI is InChI=1S/C13H18O2S2Se2/c1-8(2)12(14)16-5-10-11(19-7-18-10)6-17-13(15)9(3)4/h10-11H,1,3,5-7H2,2,4H3. The summed E-state index contributed by atoms with van der Waals surface area (Å²) in [5.41, 5.74) is 1.26. The summed E-state index contributed by atoms with van der Waals surface area (Å²) in [6.07, 6.45) is 0. The van der Waals surface area contributed by atoms with Crippen LogP contribution in [0.3, 0.4) is 0 Å². The molecule has 2 unspecified atom stereocenters. The maximum atomic E-state index is 11.6. The van der Waals surface area contributed by atoms with Crippen molar-refractivity contribution in [1.82, 2.24) is 0 Å². The first-order valence-electron chi connectivity index (χ1n) is 5.80. The fraction of sp³-hybridized carbons (Fsp3) is 0.538. The summed E-state index contributed by atoms with van der Waals surface area (Å²) in [5.74, 6) is 1.81. The molecule has 1 heterocycles. The molecule has 1 rings (SSSR count). The molecule has 1 aliphatic rings. The molecule has 0 saturated carbocycles. The van der Waals surface area contributed by atoms with Gasteiger partial charge in [-0.1, -0.05) is 0 Å². The molecule has 0 aromatic rings. The number of hydrogen-bond donors (Lipinski definition) is 0. The fourth-order valence-corrected chi connectivity index (χ4v) is 14.3. The molecular weight excluding hydrogens is 410 g/mol. The van der Waals surface area contributed by atoms with E-state index in [4.69, 9.17) is 0 Å². The van der Waals surface area contributed by atoms with Gasteiger partial charge in [0.05, 0.1) is 0 Å². The van der Waals surface area contributed by atoms with E-state index in [2.05, 4.69) is 13.2 Å². The molecule has 1 saturated heterocycles. The van der Waals surface area contributed by atoms with E-state index in [1.54, 1.807) is 13.8 Å². The molecule has 19 heavy (non-hydrogen) atoms. The van der Waals surface area contributed by atoms with Gasteiger partial charge in [-0.2, -0.15) is 0 Å². The van der Waals surface area contributed by atoms with E-state index in [9.17, 15) is 9.59 Å². The number of thioether (sulfide) groups is 2. The molecule has 1 aliphatic heterocycles. The predicted molar refractivity (Wildman–Crippen MR) is 88.4 cm³/mol. The van der Waals surface area contributed by atoms with Gasteiger partial charge in [0.2, 0.25) is 0 Å². The van der Waals surface area contributed by atoms with Gasteiger partial charge >= 0.3 is 137 Å². The van der Waals surface area contributed by atoms with Gasteiger partial charge in [0, 0.05) is 0 Å². The van der Waals surface area contributed by atoms with Crippen LogP contribution >= 0.6 is 23.5 Å². The van der Waals surface area contributed by atoms with Crippen molar-refractivity contribution < 1.29 is 9.59 Å². The van der Waals surface area contributed by atoms with Crippen LogP contribution in [0.25, 0.3) is 0 Å². The second kappa shape index (κ2) is 8.76. The normalized spacial score (nSPS) is 22.2. The molecule has 0 amide bonds.